The number of rotatable bonds is 6. The number of halogens is 2. The number of hydrogen-bond acceptors (Lipinski definition) is 4. The zero-order valence-electron chi connectivity index (χ0n) is 16.4. The third-order valence-electron chi connectivity index (χ3n) is 5.71. The molecule has 9 heteroatoms. The van der Waals surface area contributed by atoms with E-state index in [-0.39, 0.29) is 33.8 Å². The molecule has 0 radical (unpaired) electrons. The summed E-state index contributed by atoms with van der Waals surface area (Å²) < 4.78 is 27.3. The Bertz CT molecular complexity index is 1030. The van der Waals surface area contributed by atoms with Crippen LogP contribution in [0.3, 0.4) is 0 Å². The molecule has 0 unspecified atom stereocenters. The summed E-state index contributed by atoms with van der Waals surface area (Å²) in [6.07, 6.45) is 1.13. The van der Waals surface area contributed by atoms with E-state index >= 15 is 0 Å². The predicted molar refractivity (Wildman–Crippen MR) is 117 cm³/mol. The van der Waals surface area contributed by atoms with Crippen LogP contribution in [0.4, 0.5) is 0 Å². The highest BCUT2D eigenvalue weighted by Gasteiger charge is 2.35. The van der Waals surface area contributed by atoms with Crippen LogP contribution in [0.15, 0.2) is 47.4 Å². The molecule has 2 heterocycles. The molecule has 2 aliphatic heterocycles. The van der Waals surface area contributed by atoms with Gasteiger partial charge in [-0.1, -0.05) is 53.5 Å². The first-order valence-electron chi connectivity index (χ1n) is 9.87. The number of carbonyl (C=O) groups excluding carboxylic acids is 1. The Labute approximate surface area is 186 Å². The van der Waals surface area contributed by atoms with E-state index in [0.29, 0.717) is 19.1 Å². The van der Waals surface area contributed by atoms with Gasteiger partial charge in [-0.25, -0.2) is 13.1 Å². The van der Waals surface area contributed by atoms with Crippen molar-refractivity contribution < 1.29 is 13.2 Å². The molecule has 0 spiro atoms. The second-order valence-electron chi connectivity index (χ2n) is 7.64. The van der Waals surface area contributed by atoms with Gasteiger partial charge in [0.15, 0.2) is 0 Å². The summed E-state index contributed by atoms with van der Waals surface area (Å²) in [4.78, 5) is 16.5. The van der Waals surface area contributed by atoms with Gasteiger partial charge >= 0.3 is 0 Å². The largest absolute Gasteiger partial charge is 0.339 e. The molecule has 30 heavy (non-hydrogen) atoms. The van der Waals surface area contributed by atoms with Crippen LogP contribution in [0.25, 0.3) is 0 Å². The van der Waals surface area contributed by atoms with Crippen LogP contribution in [0.5, 0.6) is 0 Å². The van der Waals surface area contributed by atoms with Crippen LogP contribution < -0.4 is 4.72 Å². The highest BCUT2D eigenvalue weighted by atomic mass is 35.5. The van der Waals surface area contributed by atoms with Crippen LogP contribution in [0.2, 0.25) is 10.0 Å². The maximum Gasteiger partial charge on any atom is 0.243 e. The van der Waals surface area contributed by atoms with E-state index in [9.17, 15) is 13.2 Å². The van der Waals surface area contributed by atoms with Crippen LogP contribution in [0.1, 0.15) is 17.5 Å². The van der Waals surface area contributed by atoms with E-state index in [1.165, 1.54) is 23.3 Å². The Balaban J connectivity index is 1.25. The van der Waals surface area contributed by atoms with E-state index in [1.807, 2.05) is 0 Å². The van der Waals surface area contributed by atoms with Crippen molar-refractivity contribution in [3.8, 4) is 0 Å². The lowest BCUT2D eigenvalue weighted by molar-refractivity contribution is -0.138. The van der Waals surface area contributed by atoms with Crippen molar-refractivity contribution in [3.63, 3.8) is 0 Å². The monoisotopic (exact) mass is 467 g/mol. The minimum absolute atomic E-state index is 0.000967. The molecule has 0 atom stereocenters. The van der Waals surface area contributed by atoms with Crippen LogP contribution >= 0.6 is 23.2 Å². The standard InChI is InChI=1S/C21H23Cl2N3O3S/c22-18-6-3-7-19(23)21(18)30(28,29)24-10-8-20(27)26-13-17(14-26)25-11-9-15-4-1-2-5-16(15)12-25/h1-7,17,24H,8-14H2. The van der Waals surface area contributed by atoms with E-state index in [0.717, 1.165) is 19.5 Å². The molecular weight excluding hydrogens is 445 g/mol. The van der Waals surface area contributed by atoms with Crippen molar-refractivity contribution in [2.24, 2.45) is 0 Å². The molecule has 1 fully saturated rings. The second-order valence-corrected chi connectivity index (χ2v) is 10.2. The SMILES string of the molecule is O=C(CCNS(=O)(=O)c1c(Cl)cccc1Cl)N1CC(N2CCc3ccccc3C2)C1. The number of amides is 1. The summed E-state index contributed by atoms with van der Waals surface area (Å²) in [6, 6.07) is 13.4. The minimum Gasteiger partial charge on any atom is -0.339 e. The lowest BCUT2D eigenvalue weighted by Crippen LogP contribution is -2.61. The number of carbonyl (C=O) groups is 1. The van der Waals surface area contributed by atoms with Gasteiger partial charge in [0.1, 0.15) is 4.90 Å². The average molecular weight is 468 g/mol. The van der Waals surface area contributed by atoms with Gasteiger partial charge in [-0.05, 0) is 29.7 Å². The Morgan fingerprint density at radius 1 is 1.03 bits per heavy atom. The predicted octanol–water partition coefficient (Wildman–Crippen LogP) is 2.93. The van der Waals surface area contributed by atoms with Gasteiger partial charge in [0, 0.05) is 45.2 Å². The highest BCUT2D eigenvalue weighted by molar-refractivity contribution is 7.89. The lowest BCUT2D eigenvalue weighted by atomic mass is 9.96. The van der Waals surface area contributed by atoms with Gasteiger partial charge in [0.2, 0.25) is 15.9 Å². The molecule has 0 aliphatic carbocycles. The Hall–Kier alpha value is -1.64. The van der Waals surface area contributed by atoms with E-state index < -0.39 is 10.0 Å². The molecular formula is C21H23Cl2N3O3S. The molecule has 0 bridgehead atoms. The summed E-state index contributed by atoms with van der Waals surface area (Å²) in [6.45, 7) is 3.29. The molecule has 1 amide bonds. The van der Waals surface area contributed by atoms with Crippen molar-refractivity contribution in [1.29, 1.82) is 0 Å². The molecule has 1 saturated heterocycles. The van der Waals surface area contributed by atoms with Crippen molar-refractivity contribution in [1.82, 2.24) is 14.5 Å². The smallest absolute Gasteiger partial charge is 0.243 e. The third kappa shape index (κ3) is 4.50. The first kappa shape index (κ1) is 21.6. The molecule has 2 aromatic rings. The number of hydrogen-bond donors (Lipinski definition) is 1. The molecule has 0 saturated carbocycles. The fourth-order valence-corrected chi connectivity index (χ4v) is 6.15. The molecule has 1 N–H and O–H groups in total. The third-order valence-corrected chi connectivity index (χ3v) is 8.13. The first-order chi connectivity index (χ1) is 14.3. The number of nitrogens with one attached hydrogen (secondary N) is 1. The molecule has 2 aliphatic rings. The fourth-order valence-electron chi connectivity index (χ4n) is 3.98. The van der Waals surface area contributed by atoms with Gasteiger partial charge in [-0.15, -0.1) is 0 Å². The number of likely N-dealkylation sites (tertiary alicyclic amines) is 1. The zero-order chi connectivity index (χ0) is 21.3. The number of fused-ring (bicyclic) bond motifs is 1. The van der Waals surface area contributed by atoms with E-state index in [2.05, 4.69) is 33.9 Å². The van der Waals surface area contributed by atoms with Crippen LogP contribution in [0, 0.1) is 0 Å². The maximum absolute atomic E-state index is 12.5. The number of nitrogens with zero attached hydrogens (tertiary/aromatic N) is 2. The van der Waals surface area contributed by atoms with E-state index in [1.54, 1.807) is 11.0 Å². The van der Waals surface area contributed by atoms with Crippen molar-refractivity contribution in [2.45, 2.75) is 30.3 Å². The zero-order valence-corrected chi connectivity index (χ0v) is 18.7. The second kappa shape index (κ2) is 8.85. The van der Waals surface area contributed by atoms with Crippen molar-refractivity contribution in [2.75, 3.05) is 26.2 Å². The summed E-state index contributed by atoms with van der Waals surface area (Å²) in [5.74, 6) is -0.0587. The van der Waals surface area contributed by atoms with Crippen molar-refractivity contribution >= 4 is 39.1 Å². The fraction of sp³-hybridized carbons (Fsp3) is 0.381. The minimum atomic E-state index is -3.88. The van der Waals surface area contributed by atoms with E-state index in [4.69, 9.17) is 23.2 Å². The van der Waals surface area contributed by atoms with Crippen molar-refractivity contribution in [3.05, 3.63) is 63.6 Å². The molecule has 0 aromatic heterocycles. The Morgan fingerprint density at radius 3 is 2.40 bits per heavy atom. The number of sulfonamides is 1. The van der Waals surface area contributed by atoms with Gasteiger partial charge in [-0.3, -0.25) is 9.69 Å². The molecule has 4 rings (SSSR count). The van der Waals surface area contributed by atoms with Gasteiger partial charge in [0.25, 0.3) is 0 Å². The highest BCUT2D eigenvalue weighted by Crippen LogP contribution is 2.29. The maximum atomic E-state index is 12.5. The normalized spacial score (nSPS) is 17.5. The summed E-state index contributed by atoms with van der Waals surface area (Å²) in [7, 11) is -3.88. The average Bonchev–Trinajstić information content (AvgIpc) is 2.66. The Morgan fingerprint density at radius 2 is 1.70 bits per heavy atom. The summed E-state index contributed by atoms with van der Waals surface area (Å²) in [5, 5.41) is 0.102. The first-order valence-corrected chi connectivity index (χ1v) is 12.1. The van der Waals surface area contributed by atoms with Gasteiger partial charge in [0.05, 0.1) is 10.0 Å². The number of benzene rings is 2. The van der Waals surface area contributed by atoms with Crippen LogP contribution in [-0.2, 0) is 27.8 Å². The van der Waals surface area contributed by atoms with Gasteiger partial charge < -0.3 is 4.90 Å². The molecule has 160 valence electrons. The Kier molecular flexibility index (Phi) is 6.36. The topological polar surface area (TPSA) is 69.7 Å². The lowest BCUT2D eigenvalue weighted by Gasteiger charge is -2.47. The summed E-state index contributed by atoms with van der Waals surface area (Å²) >= 11 is 12.0. The summed E-state index contributed by atoms with van der Waals surface area (Å²) in [5.41, 5.74) is 2.77. The van der Waals surface area contributed by atoms with Gasteiger partial charge in [-0.2, -0.15) is 0 Å². The quantitative estimate of drug-likeness (QED) is 0.708. The molecule has 6 nitrogen and oxygen atoms in total. The molecule has 2 aromatic carbocycles. The van der Waals surface area contributed by atoms with Crippen LogP contribution in [-0.4, -0.2) is 56.3 Å².